The molecule has 1 aromatic rings. The molecule has 106 valence electrons. The lowest BCUT2D eigenvalue weighted by Crippen LogP contribution is -2.31. The van der Waals surface area contributed by atoms with Crippen LogP contribution in [0.25, 0.3) is 0 Å². The molecule has 0 aromatic carbocycles. The summed E-state index contributed by atoms with van der Waals surface area (Å²) in [4.78, 5) is 10.5. The summed E-state index contributed by atoms with van der Waals surface area (Å²) in [5.41, 5.74) is 0. The van der Waals surface area contributed by atoms with E-state index in [1.54, 1.807) is 0 Å². The molecule has 0 fully saturated rings. The van der Waals surface area contributed by atoms with Gasteiger partial charge in [0.25, 0.3) is 0 Å². The fraction of sp³-hybridized carbons (Fsp3) is 0.455. The van der Waals surface area contributed by atoms with Crippen LogP contribution in [0.1, 0.15) is 13.3 Å². The van der Waals surface area contributed by atoms with E-state index in [4.69, 9.17) is 5.11 Å². The molecule has 0 bridgehead atoms. The molecule has 0 aliphatic heterocycles. The first kappa shape index (κ1) is 15.4. The predicted molar refractivity (Wildman–Crippen MR) is 69.1 cm³/mol. The molecule has 8 heteroatoms. The van der Waals surface area contributed by atoms with Gasteiger partial charge in [-0.25, -0.2) is 8.42 Å². The Morgan fingerprint density at radius 3 is 2.84 bits per heavy atom. The highest BCUT2D eigenvalue weighted by Gasteiger charge is 2.24. The Balaban J connectivity index is 3.00. The second kappa shape index (κ2) is 6.48. The third-order valence-corrected chi connectivity index (χ3v) is 4.17. The van der Waals surface area contributed by atoms with Crippen molar-refractivity contribution in [2.24, 2.45) is 0 Å². The Morgan fingerprint density at radius 2 is 2.32 bits per heavy atom. The molecule has 7 nitrogen and oxygen atoms in total. The van der Waals surface area contributed by atoms with Crippen molar-refractivity contribution in [3.8, 4) is 0 Å². The monoisotopic (exact) mass is 287 g/mol. The van der Waals surface area contributed by atoms with Crippen LogP contribution >= 0.6 is 0 Å². The zero-order valence-electron chi connectivity index (χ0n) is 10.7. The molecular formula is C11H17N3O4S. The first-order valence-corrected chi connectivity index (χ1v) is 7.21. The van der Waals surface area contributed by atoms with E-state index in [2.05, 4.69) is 11.7 Å². The van der Waals surface area contributed by atoms with Gasteiger partial charge in [-0.2, -0.15) is 9.40 Å². The van der Waals surface area contributed by atoms with Crippen LogP contribution in [0.2, 0.25) is 0 Å². The van der Waals surface area contributed by atoms with E-state index >= 15 is 0 Å². The van der Waals surface area contributed by atoms with Crippen molar-refractivity contribution >= 4 is 16.0 Å². The fourth-order valence-electron chi connectivity index (χ4n) is 1.55. The van der Waals surface area contributed by atoms with Gasteiger partial charge in [0.05, 0.1) is 6.20 Å². The quantitative estimate of drug-likeness (QED) is 0.705. The molecular weight excluding hydrogens is 270 g/mol. The summed E-state index contributed by atoms with van der Waals surface area (Å²) in [5, 5.41) is 12.4. The number of nitrogens with zero attached hydrogens (tertiary/aromatic N) is 3. The van der Waals surface area contributed by atoms with Crippen LogP contribution in [0, 0.1) is 0 Å². The van der Waals surface area contributed by atoms with Crippen LogP contribution in [0.5, 0.6) is 0 Å². The smallest absolute Gasteiger partial charge is 0.325 e. The average molecular weight is 287 g/mol. The largest absolute Gasteiger partial charge is 0.480 e. The van der Waals surface area contributed by atoms with E-state index in [9.17, 15) is 13.2 Å². The van der Waals surface area contributed by atoms with Crippen molar-refractivity contribution in [3.63, 3.8) is 0 Å². The maximum absolute atomic E-state index is 12.3. The number of aromatic nitrogens is 2. The van der Waals surface area contributed by atoms with Crippen molar-refractivity contribution in [2.45, 2.75) is 24.8 Å². The first-order valence-electron chi connectivity index (χ1n) is 5.77. The Labute approximate surface area is 112 Å². The summed E-state index contributed by atoms with van der Waals surface area (Å²) >= 11 is 0. The number of carboxylic acids is 1. The van der Waals surface area contributed by atoms with Gasteiger partial charge in [0.15, 0.2) is 0 Å². The summed E-state index contributed by atoms with van der Waals surface area (Å²) in [7, 11) is -3.65. The Bertz CT molecular complexity index is 550. The number of hydrogen-bond acceptors (Lipinski definition) is 4. The molecule has 0 aliphatic carbocycles. The van der Waals surface area contributed by atoms with E-state index in [1.165, 1.54) is 16.6 Å². The molecule has 0 radical (unpaired) electrons. The zero-order valence-corrected chi connectivity index (χ0v) is 11.5. The van der Waals surface area contributed by atoms with Gasteiger partial charge in [-0.05, 0) is 6.42 Å². The zero-order chi connectivity index (χ0) is 14.5. The van der Waals surface area contributed by atoms with E-state index in [0.29, 0.717) is 13.0 Å². The summed E-state index contributed by atoms with van der Waals surface area (Å²) in [6, 6.07) is 0. The number of carboxylic acid groups (broad SMARTS) is 1. The normalized spacial score (nSPS) is 11.7. The highest BCUT2D eigenvalue weighted by atomic mass is 32.2. The SMILES string of the molecule is C=CCN(CCC)S(=O)(=O)c1cnn(CC(=O)O)c1. The molecule has 19 heavy (non-hydrogen) atoms. The molecule has 0 saturated carbocycles. The molecule has 0 amide bonds. The minimum Gasteiger partial charge on any atom is -0.480 e. The van der Waals surface area contributed by atoms with Crippen molar-refractivity contribution < 1.29 is 18.3 Å². The minimum atomic E-state index is -3.65. The molecule has 1 heterocycles. The molecule has 0 unspecified atom stereocenters. The van der Waals surface area contributed by atoms with Gasteiger partial charge in [-0.1, -0.05) is 13.0 Å². The third kappa shape index (κ3) is 3.90. The van der Waals surface area contributed by atoms with Crippen LogP contribution in [0.15, 0.2) is 29.9 Å². The first-order chi connectivity index (χ1) is 8.91. The van der Waals surface area contributed by atoms with Crippen LogP contribution in [0.4, 0.5) is 0 Å². The number of sulfonamides is 1. The Hall–Kier alpha value is -1.67. The average Bonchev–Trinajstić information content (AvgIpc) is 2.77. The van der Waals surface area contributed by atoms with Gasteiger partial charge < -0.3 is 5.11 Å². The van der Waals surface area contributed by atoms with Crippen LogP contribution in [-0.2, 0) is 21.4 Å². The van der Waals surface area contributed by atoms with Crippen molar-refractivity contribution in [1.29, 1.82) is 0 Å². The predicted octanol–water partition coefficient (Wildman–Crippen LogP) is 0.554. The lowest BCUT2D eigenvalue weighted by atomic mass is 10.5. The standard InChI is InChI=1S/C11H17N3O4S/c1-3-5-14(6-4-2)19(17,18)10-7-12-13(8-10)9-11(15)16/h3,7-8H,1,4-6,9H2,2H3,(H,15,16). The van der Waals surface area contributed by atoms with Crippen LogP contribution in [0.3, 0.4) is 0 Å². The number of aliphatic carboxylic acids is 1. The summed E-state index contributed by atoms with van der Waals surface area (Å²) < 4.78 is 26.9. The van der Waals surface area contributed by atoms with E-state index in [0.717, 1.165) is 10.9 Å². The van der Waals surface area contributed by atoms with Gasteiger partial charge in [0, 0.05) is 19.3 Å². The van der Waals surface area contributed by atoms with Crippen molar-refractivity contribution in [2.75, 3.05) is 13.1 Å². The van der Waals surface area contributed by atoms with Gasteiger partial charge >= 0.3 is 5.97 Å². The second-order valence-corrected chi connectivity index (χ2v) is 5.86. The molecule has 0 spiro atoms. The van der Waals surface area contributed by atoms with Crippen molar-refractivity contribution in [1.82, 2.24) is 14.1 Å². The number of rotatable bonds is 8. The molecule has 0 saturated heterocycles. The maximum atomic E-state index is 12.3. The summed E-state index contributed by atoms with van der Waals surface area (Å²) in [5.74, 6) is -1.08. The molecule has 0 atom stereocenters. The maximum Gasteiger partial charge on any atom is 0.325 e. The van der Waals surface area contributed by atoms with Crippen LogP contribution < -0.4 is 0 Å². The summed E-state index contributed by atoms with van der Waals surface area (Å²) in [6.45, 7) is 5.62. The lowest BCUT2D eigenvalue weighted by Gasteiger charge is -2.18. The van der Waals surface area contributed by atoms with E-state index < -0.39 is 16.0 Å². The van der Waals surface area contributed by atoms with E-state index in [-0.39, 0.29) is 18.0 Å². The molecule has 1 aromatic heterocycles. The van der Waals surface area contributed by atoms with Gasteiger partial charge in [-0.15, -0.1) is 6.58 Å². The lowest BCUT2D eigenvalue weighted by molar-refractivity contribution is -0.137. The Morgan fingerprint density at radius 1 is 1.63 bits per heavy atom. The Kier molecular flexibility index (Phi) is 5.25. The third-order valence-electron chi connectivity index (χ3n) is 2.35. The van der Waals surface area contributed by atoms with Crippen molar-refractivity contribution in [3.05, 3.63) is 25.0 Å². The number of hydrogen-bond donors (Lipinski definition) is 1. The molecule has 1 rings (SSSR count). The second-order valence-electron chi connectivity index (χ2n) is 3.92. The molecule has 1 N–H and O–H groups in total. The van der Waals surface area contributed by atoms with Crippen LogP contribution in [-0.4, -0.2) is 46.7 Å². The minimum absolute atomic E-state index is 0.0101. The molecule has 0 aliphatic rings. The fourth-order valence-corrected chi connectivity index (χ4v) is 3.01. The topological polar surface area (TPSA) is 92.5 Å². The van der Waals surface area contributed by atoms with Gasteiger partial charge in [0.2, 0.25) is 10.0 Å². The summed E-state index contributed by atoms with van der Waals surface area (Å²) in [6.07, 6.45) is 4.56. The highest BCUT2D eigenvalue weighted by molar-refractivity contribution is 7.89. The highest BCUT2D eigenvalue weighted by Crippen LogP contribution is 2.15. The number of carbonyl (C=O) groups is 1. The van der Waals surface area contributed by atoms with Gasteiger partial charge in [0.1, 0.15) is 11.4 Å². The van der Waals surface area contributed by atoms with Gasteiger partial charge in [-0.3, -0.25) is 9.48 Å². The van der Waals surface area contributed by atoms with E-state index in [1.807, 2.05) is 6.92 Å².